The van der Waals surface area contributed by atoms with E-state index in [0.29, 0.717) is 6.61 Å². The smallest absolute Gasteiger partial charge is 0.142 e. The van der Waals surface area contributed by atoms with E-state index in [2.05, 4.69) is 33.4 Å². The van der Waals surface area contributed by atoms with Gasteiger partial charge in [0.2, 0.25) is 0 Å². The van der Waals surface area contributed by atoms with Crippen LogP contribution in [0.5, 0.6) is 11.5 Å². The SMILES string of the molecule is COc1ccc2c(c1)N(Cc1ccc3c(c1)nnn3C)CCO2. The average Bonchev–Trinajstić information content (AvgIpc) is 2.95. The quantitative estimate of drug-likeness (QED) is 0.743. The van der Waals surface area contributed by atoms with Gasteiger partial charge in [-0.25, -0.2) is 4.68 Å². The van der Waals surface area contributed by atoms with Gasteiger partial charge in [-0.3, -0.25) is 0 Å². The van der Waals surface area contributed by atoms with Crippen LogP contribution in [0.1, 0.15) is 5.56 Å². The fraction of sp³-hybridized carbons (Fsp3) is 0.294. The monoisotopic (exact) mass is 310 g/mol. The molecule has 1 aliphatic rings. The normalized spacial score (nSPS) is 13.7. The van der Waals surface area contributed by atoms with Crippen molar-refractivity contribution < 1.29 is 9.47 Å². The Bertz CT molecular complexity index is 859. The fourth-order valence-electron chi connectivity index (χ4n) is 2.95. The van der Waals surface area contributed by atoms with Crippen LogP contribution in [-0.4, -0.2) is 35.3 Å². The van der Waals surface area contributed by atoms with E-state index in [-0.39, 0.29) is 0 Å². The van der Waals surface area contributed by atoms with Crippen molar-refractivity contribution in [3.63, 3.8) is 0 Å². The first kappa shape index (κ1) is 13.9. The summed E-state index contributed by atoms with van der Waals surface area (Å²) < 4.78 is 12.9. The van der Waals surface area contributed by atoms with E-state index in [9.17, 15) is 0 Å². The molecule has 1 aromatic heterocycles. The van der Waals surface area contributed by atoms with Gasteiger partial charge >= 0.3 is 0 Å². The van der Waals surface area contributed by atoms with E-state index in [1.165, 1.54) is 5.56 Å². The molecule has 3 aromatic rings. The second-order valence-electron chi connectivity index (χ2n) is 5.64. The molecule has 6 nitrogen and oxygen atoms in total. The Morgan fingerprint density at radius 1 is 1.22 bits per heavy atom. The van der Waals surface area contributed by atoms with Gasteiger partial charge in [0.1, 0.15) is 23.6 Å². The Balaban J connectivity index is 1.66. The summed E-state index contributed by atoms with van der Waals surface area (Å²) in [6.45, 7) is 2.33. The lowest BCUT2D eigenvalue weighted by Crippen LogP contribution is -2.32. The molecule has 0 unspecified atom stereocenters. The van der Waals surface area contributed by atoms with Gasteiger partial charge in [0, 0.05) is 19.7 Å². The summed E-state index contributed by atoms with van der Waals surface area (Å²) in [4.78, 5) is 2.30. The Morgan fingerprint density at radius 2 is 2.13 bits per heavy atom. The van der Waals surface area contributed by atoms with Crippen LogP contribution in [0.15, 0.2) is 36.4 Å². The lowest BCUT2D eigenvalue weighted by Gasteiger charge is -2.31. The highest BCUT2D eigenvalue weighted by molar-refractivity contribution is 5.75. The molecule has 0 saturated carbocycles. The lowest BCUT2D eigenvalue weighted by atomic mass is 10.1. The van der Waals surface area contributed by atoms with Crippen molar-refractivity contribution in [3.05, 3.63) is 42.0 Å². The van der Waals surface area contributed by atoms with Crippen molar-refractivity contribution in [2.75, 3.05) is 25.2 Å². The Kier molecular flexibility index (Phi) is 3.29. The molecule has 2 aromatic carbocycles. The molecule has 0 bridgehead atoms. The molecule has 0 N–H and O–H groups in total. The topological polar surface area (TPSA) is 52.4 Å². The Labute approximate surface area is 134 Å². The van der Waals surface area contributed by atoms with Crippen LogP contribution in [0.25, 0.3) is 11.0 Å². The van der Waals surface area contributed by atoms with Crippen molar-refractivity contribution in [1.29, 1.82) is 0 Å². The standard InChI is InChI=1S/C17H18N4O2/c1-20-15-5-3-12(9-14(15)18-19-20)11-21-7-8-23-17-6-4-13(22-2)10-16(17)21/h3-6,9-10H,7-8,11H2,1-2H3. The van der Waals surface area contributed by atoms with Crippen LogP contribution in [0.2, 0.25) is 0 Å². The summed E-state index contributed by atoms with van der Waals surface area (Å²) in [5.41, 5.74) is 4.23. The first-order valence-corrected chi connectivity index (χ1v) is 7.59. The number of methoxy groups -OCH3 is 1. The molecule has 1 aliphatic heterocycles. The van der Waals surface area contributed by atoms with Gasteiger partial charge in [-0.1, -0.05) is 11.3 Å². The minimum atomic E-state index is 0.687. The highest BCUT2D eigenvalue weighted by Gasteiger charge is 2.19. The van der Waals surface area contributed by atoms with E-state index in [0.717, 1.165) is 41.3 Å². The number of ether oxygens (including phenoxy) is 2. The molecule has 0 atom stereocenters. The number of aryl methyl sites for hydroxylation is 1. The summed E-state index contributed by atoms with van der Waals surface area (Å²) in [5, 5.41) is 8.25. The van der Waals surface area contributed by atoms with Crippen LogP contribution in [0.4, 0.5) is 5.69 Å². The number of hydrogen-bond donors (Lipinski definition) is 0. The van der Waals surface area contributed by atoms with Crippen molar-refractivity contribution in [3.8, 4) is 11.5 Å². The number of rotatable bonds is 3. The molecule has 0 aliphatic carbocycles. The van der Waals surface area contributed by atoms with Crippen molar-refractivity contribution in [1.82, 2.24) is 15.0 Å². The molecule has 2 heterocycles. The number of fused-ring (bicyclic) bond motifs is 2. The lowest BCUT2D eigenvalue weighted by molar-refractivity contribution is 0.305. The predicted molar refractivity (Wildman–Crippen MR) is 88.0 cm³/mol. The summed E-state index contributed by atoms with van der Waals surface area (Å²) in [7, 11) is 3.58. The van der Waals surface area contributed by atoms with Gasteiger partial charge in [-0.15, -0.1) is 5.10 Å². The highest BCUT2D eigenvalue weighted by atomic mass is 16.5. The van der Waals surface area contributed by atoms with Gasteiger partial charge in [-0.2, -0.15) is 0 Å². The molecule has 0 spiro atoms. The summed E-state index contributed by atoms with van der Waals surface area (Å²) in [6, 6.07) is 12.2. The predicted octanol–water partition coefficient (Wildman–Crippen LogP) is 2.38. The molecule has 0 amide bonds. The van der Waals surface area contributed by atoms with E-state index in [1.807, 2.05) is 25.2 Å². The Morgan fingerprint density at radius 3 is 3.00 bits per heavy atom. The molecular formula is C17H18N4O2. The summed E-state index contributed by atoms with van der Waals surface area (Å²) in [6.07, 6.45) is 0. The summed E-state index contributed by atoms with van der Waals surface area (Å²) in [5.74, 6) is 1.74. The maximum absolute atomic E-state index is 5.74. The van der Waals surface area contributed by atoms with Gasteiger partial charge in [0.15, 0.2) is 0 Å². The first-order chi connectivity index (χ1) is 11.2. The molecule has 4 rings (SSSR count). The van der Waals surface area contributed by atoms with Gasteiger partial charge < -0.3 is 14.4 Å². The number of nitrogens with zero attached hydrogens (tertiary/aromatic N) is 4. The van der Waals surface area contributed by atoms with Crippen molar-refractivity contribution in [2.24, 2.45) is 7.05 Å². The highest BCUT2D eigenvalue weighted by Crippen LogP contribution is 2.35. The third-order valence-electron chi connectivity index (χ3n) is 4.17. The summed E-state index contributed by atoms with van der Waals surface area (Å²) >= 11 is 0. The van der Waals surface area contributed by atoms with Crippen LogP contribution in [0.3, 0.4) is 0 Å². The fourth-order valence-corrected chi connectivity index (χ4v) is 2.95. The van der Waals surface area contributed by atoms with Crippen LogP contribution >= 0.6 is 0 Å². The average molecular weight is 310 g/mol. The molecule has 6 heteroatoms. The number of aromatic nitrogens is 3. The Hall–Kier alpha value is -2.76. The number of benzene rings is 2. The molecule has 118 valence electrons. The van der Waals surface area contributed by atoms with Gasteiger partial charge in [0.25, 0.3) is 0 Å². The maximum Gasteiger partial charge on any atom is 0.142 e. The molecule has 23 heavy (non-hydrogen) atoms. The van der Waals surface area contributed by atoms with Crippen LogP contribution in [-0.2, 0) is 13.6 Å². The number of anilines is 1. The minimum Gasteiger partial charge on any atom is -0.497 e. The molecular weight excluding hydrogens is 292 g/mol. The zero-order valence-corrected chi connectivity index (χ0v) is 13.2. The van der Waals surface area contributed by atoms with E-state index < -0.39 is 0 Å². The molecule has 0 fully saturated rings. The van der Waals surface area contributed by atoms with Crippen LogP contribution < -0.4 is 14.4 Å². The first-order valence-electron chi connectivity index (χ1n) is 7.59. The maximum atomic E-state index is 5.74. The van der Waals surface area contributed by atoms with Gasteiger partial charge in [0.05, 0.1) is 24.9 Å². The molecule has 0 saturated heterocycles. The van der Waals surface area contributed by atoms with E-state index in [4.69, 9.17) is 9.47 Å². The van der Waals surface area contributed by atoms with Crippen LogP contribution in [0, 0.1) is 0 Å². The van der Waals surface area contributed by atoms with E-state index in [1.54, 1.807) is 11.8 Å². The van der Waals surface area contributed by atoms with Gasteiger partial charge in [-0.05, 0) is 29.8 Å². The van der Waals surface area contributed by atoms with E-state index >= 15 is 0 Å². The third-order valence-corrected chi connectivity index (χ3v) is 4.17. The number of hydrogen-bond acceptors (Lipinski definition) is 5. The zero-order chi connectivity index (χ0) is 15.8. The largest absolute Gasteiger partial charge is 0.497 e. The second-order valence-corrected chi connectivity index (χ2v) is 5.64. The third kappa shape index (κ3) is 2.46. The second kappa shape index (κ2) is 5.46. The zero-order valence-electron chi connectivity index (χ0n) is 13.2. The van der Waals surface area contributed by atoms with Crippen molar-refractivity contribution >= 4 is 16.7 Å². The minimum absolute atomic E-state index is 0.687. The van der Waals surface area contributed by atoms with Crippen molar-refractivity contribution in [2.45, 2.75) is 6.54 Å². The molecule has 0 radical (unpaired) electrons.